The van der Waals surface area contributed by atoms with E-state index in [0.29, 0.717) is 14.9 Å². The average molecular weight is 372 g/mol. The average Bonchev–Trinajstić information content (AvgIpc) is 2.81. The first-order valence-corrected chi connectivity index (χ1v) is 9.12. The lowest BCUT2D eigenvalue weighted by Crippen LogP contribution is -2.27. The molecule has 1 amide bonds. The predicted molar refractivity (Wildman–Crippen MR) is 107 cm³/mol. The van der Waals surface area contributed by atoms with E-state index in [1.54, 1.807) is 12.1 Å². The summed E-state index contributed by atoms with van der Waals surface area (Å²) >= 11 is 6.54. The number of nitrogens with zero attached hydrogens (tertiary/aromatic N) is 1. The van der Waals surface area contributed by atoms with Crippen LogP contribution >= 0.6 is 24.0 Å². The molecule has 0 aromatic heterocycles. The Labute approximate surface area is 156 Å². The fourth-order valence-electron chi connectivity index (χ4n) is 2.54. The molecule has 0 saturated carbocycles. The van der Waals surface area contributed by atoms with E-state index < -0.39 is 5.82 Å². The number of carbonyl (C=O) groups excluding carboxylic acids is 1. The lowest BCUT2D eigenvalue weighted by molar-refractivity contribution is -0.113. The van der Waals surface area contributed by atoms with Crippen LogP contribution < -0.4 is 4.90 Å². The number of rotatable bonds is 2. The SMILES string of the molecule is CC(C)(C)c1ccc(/C=C2/SC(=S)N(c3cccc(F)c3)C2=O)cc1. The number of carbonyl (C=O) groups is 1. The standard InChI is InChI=1S/C20H18FNOS2/c1-20(2,3)14-9-7-13(8-10-14)11-17-18(23)22(19(24)25-17)16-6-4-5-15(21)12-16/h4-12H,1-3H3/b17-11+. The van der Waals surface area contributed by atoms with E-state index in [4.69, 9.17) is 12.2 Å². The monoisotopic (exact) mass is 371 g/mol. The molecule has 0 spiro atoms. The minimum Gasteiger partial charge on any atom is -0.268 e. The molecule has 2 aromatic rings. The van der Waals surface area contributed by atoms with Crippen molar-refractivity contribution in [2.75, 3.05) is 4.90 Å². The molecule has 3 rings (SSSR count). The Morgan fingerprint density at radius 3 is 2.40 bits per heavy atom. The smallest absolute Gasteiger partial charge is 0.268 e. The van der Waals surface area contributed by atoms with Crippen molar-refractivity contribution in [2.24, 2.45) is 0 Å². The molecular weight excluding hydrogens is 353 g/mol. The number of hydrogen-bond donors (Lipinski definition) is 0. The maximum absolute atomic E-state index is 13.5. The topological polar surface area (TPSA) is 20.3 Å². The minimum absolute atomic E-state index is 0.0827. The van der Waals surface area contributed by atoms with Crippen molar-refractivity contribution in [3.05, 3.63) is 70.4 Å². The van der Waals surface area contributed by atoms with Crippen molar-refractivity contribution in [2.45, 2.75) is 26.2 Å². The Morgan fingerprint density at radius 1 is 1.12 bits per heavy atom. The largest absolute Gasteiger partial charge is 0.270 e. The van der Waals surface area contributed by atoms with Crippen molar-refractivity contribution in [3.63, 3.8) is 0 Å². The number of hydrogen-bond acceptors (Lipinski definition) is 3. The molecule has 0 bridgehead atoms. The molecule has 2 aromatic carbocycles. The van der Waals surface area contributed by atoms with E-state index >= 15 is 0 Å². The minimum atomic E-state index is -0.395. The van der Waals surface area contributed by atoms with E-state index in [0.717, 1.165) is 5.56 Å². The molecule has 0 aliphatic carbocycles. The molecule has 1 saturated heterocycles. The van der Waals surface area contributed by atoms with Gasteiger partial charge in [-0.1, -0.05) is 75.1 Å². The fourth-order valence-corrected chi connectivity index (χ4v) is 3.84. The predicted octanol–water partition coefficient (Wildman–Crippen LogP) is 5.53. The summed E-state index contributed by atoms with van der Waals surface area (Å²) in [7, 11) is 0. The van der Waals surface area contributed by atoms with Gasteiger partial charge < -0.3 is 0 Å². The number of amides is 1. The summed E-state index contributed by atoms with van der Waals surface area (Å²) in [5.41, 5.74) is 2.71. The van der Waals surface area contributed by atoms with E-state index in [2.05, 4.69) is 32.9 Å². The highest BCUT2D eigenvalue weighted by Gasteiger charge is 2.33. The Kier molecular flexibility index (Phi) is 4.80. The van der Waals surface area contributed by atoms with Gasteiger partial charge in [0.1, 0.15) is 5.82 Å². The van der Waals surface area contributed by atoms with Gasteiger partial charge in [-0.15, -0.1) is 0 Å². The van der Waals surface area contributed by atoms with Gasteiger partial charge in [0.15, 0.2) is 4.32 Å². The first kappa shape index (κ1) is 17.8. The van der Waals surface area contributed by atoms with Crippen molar-refractivity contribution in [3.8, 4) is 0 Å². The second-order valence-corrected chi connectivity index (χ2v) is 8.54. The van der Waals surface area contributed by atoms with E-state index in [9.17, 15) is 9.18 Å². The van der Waals surface area contributed by atoms with Gasteiger partial charge in [0.05, 0.1) is 10.6 Å². The normalized spacial score (nSPS) is 16.8. The van der Waals surface area contributed by atoms with Gasteiger partial charge in [-0.25, -0.2) is 4.39 Å². The van der Waals surface area contributed by atoms with Gasteiger partial charge in [0.25, 0.3) is 5.91 Å². The zero-order valence-electron chi connectivity index (χ0n) is 14.2. The molecule has 0 unspecified atom stereocenters. The fraction of sp³-hybridized carbons (Fsp3) is 0.200. The van der Waals surface area contributed by atoms with E-state index in [1.165, 1.54) is 34.4 Å². The van der Waals surface area contributed by atoms with Crippen LogP contribution in [0.2, 0.25) is 0 Å². The van der Waals surface area contributed by atoms with Crippen molar-refractivity contribution < 1.29 is 9.18 Å². The third-order valence-electron chi connectivity index (χ3n) is 3.93. The second-order valence-electron chi connectivity index (χ2n) is 6.87. The molecule has 1 aliphatic heterocycles. The number of thiocarbonyl (C=S) groups is 1. The van der Waals surface area contributed by atoms with Crippen molar-refractivity contribution >= 4 is 46.0 Å². The summed E-state index contributed by atoms with van der Waals surface area (Å²) in [5, 5.41) is 0. The summed E-state index contributed by atoms with van der Waals surface area (Å²) in [6.45, 7) is 6.48. The van der Waals surface area contributed by atoms with Gasteiger partial charge >= 0.3 is 0 Å². The quantitative estimate of drug-likeness (QED) is 0.511. The van der Waals surface area contributed by atoms with Crippen molar-refractivity contribution in [1.29, 1.82) is 0 Å². The van der Waals surface area contributed by atoms with Gasteiger partial charge in [-0.3, -0.25) is 9.69 Å². The van der Waals surface area contributed by atoms with Crippen LogP contribution in [0.1, 0.15) is 31.9 Å². The van der Waals surface area contributed by atoms with Gasteiger partial charge in [0, 0.05) is 0 Å². The third kappa shape index (κ3) is 3.83. The Hall–Kier alpha value is -1.98. The van der Waals surface area contributed by atoms with Gasteiger partial charge in [0.2, 0.25) is 0 Å². The maximum atomic E-state index is 13.5. The molecule has 25 heavy (non-hydrogen) atoms. The first-order valence-electron chi connectivity index (χ1n) is 7.90. The maximum Gasteiger partial charge on any atom is 0.270 e. The molecule has 0 atom stereocenters. The summed E-state index contributed by atoms with van der Waals surface area (Å²) < 4.78 is 13.9. The summed E-state index contributed by atoms with van der Waals surface area (Å²) in [6.07, 6.45) is 1.82. The third-order valence-corrected chi connectivity index (χ3v) is 5.24. The van der Waals surface area contributed by atoms with Crippen LogP contribution in [0.3, 0.4) is 0 Å². The molecule has 0 N–H and O–H groups in total. The number of thioether (sulfide) groups is 1. The molecule has 1 fully saturated rings. The number of anilines is 1. The van der Waals surface area contributed by atoms with Crippen LogP contribution in [0.4, 0.5) is 10.1 Å². The molecule has 0 radical (unpaired) electrons. The molecular formula is C20H18FNOS2. The lowest BCUT2D eigenvalue weighted by atomic mass is 9.87. The number of benzene rings is 2. The van der Waals surface area contributed by atoms with Gasteiger partial charge in [-0.2, -0.15) is 0 Å². The van der Waals surface area contributed by atoms with Crippen LogP contribution in [-0.4, -0.2) is 10.2 Å². The first-order chi connectivity index (χ1) is 11.8. The Morgan fingerprint density at radius 2 is 1.80 bits per heavy atom. The zero-order chi connectivity index (χ0) is 18.2. The van der Waals surface area contributed by atoms with Crippen LogP contribution in [0.15, 0.2) is 53.4 Å². The summed E-state index contributed by atoms with van der Waals surface area (Å²) in [4.78, 5) is 14.6. The number of halogens is 1. The van der Waals surface area contributed by atoms with Crippen LogP contribution in [0.25, 0.3) is 6.08 Å². The molecule has 2 nitrogen and oxygen atoms in total. The van der Waals surface area contributed by atoms with Crippen LogP contribution in [-0.2, 0) is 10.2 Å². The Balaban J connectivity index is 1.88. The highest BCUT2D eigenvalue weighted by molar-refractivity contribution is 8.27. The molecule has 1 aliphatic rings. The molecule has 5 heteroatoms. The highest BCUT2D eigenvalue weighted by Crippen LogP contribution is 2.36. The van der Waals surface area contributed by atoms with E-state index in [-0.39, 0.29) is 11.3 Å². The highest BCUT2D eigenvalue weighted by atomic mass is 32.2. The molecule has 1 heterocycles. The summed E-state index contributed by atoms with van der Waals surface area (Å²) in [5.74, 6) is -0.617. The van der Waals surface area contributed by atoms with Crippen molar-refractivity contribution in [1.82, 2.24) is 0 Å². The second kappa shape index (κ2) is 6.73. The van der Waals surface area contributed by atoms with Crippen LogP contribution in [0, 0.1) is 5.82 Å². The van der Waals surface area contributed by atoms with Gasteiger partial charge in [-0.05, 0) is 40.8 Å². The summed E-state index contributed by atoms with van der Waals surface area (Å²) in [6, 6.07) is 14.0. The van der Waals surface area contributed by atoms with Crippen LogP contribution in [0.5, 0.6) is 0 Å². The van der Waals surface area contributed by atoms with E-state index in [1.807, 2.05) is 18.2 Å². The Bertz CT molecular complexity index is 866. The molecule has 128 valence electrons. The zero-order valence-corrected chi connectivity index (χ0v) is 15.9. The lowest BCUT2D eigenvalue weighted by Gasteiger charge is -2.18.